The quantitative estimate of drug-likeness (QED) is 0.637. The fraction of sp³-hybridized carbons (Fsp3) is 0. The van der Waals surface area contributed by atoms with Crippen LogP contribution in [0.5, 0.6) is 0 Å². The fourth-order valence-corrected chi connectivity index (χ4v) is 2.07. The number of nitrogens with two attached hydrogens (primary N) is 1. The van der Waals surface area contributed by atoms with Crippen molar-refractivity contribution in [2.45, 2.75) is 4.90 Å². The molecule has 4 heteroatoms. The van der Waals surface area contributed by atoms with Crippen molar-refractivity contribution in [2.24, 2.45) is 0 Å². The van der Waals surface area contributed by atoms with Crippen LogP contribution in [-0.2, 0) is 11.1 Å². The Kier molecular flexibility index (Phi) is 3.03. The lowest BCUT2D eigenvalue weighted by Crippen LogP contribution is -1.93. The van der Waals surface area contributed by atoms with Crippen LogP contribution in [0.1, 0.15) is 0 Å². The van der Waals surface area contributed by atoms with Crippen LogP contribution in [-0.4, -0.2) is 8.76 Å². The van der Waals surface area contributed by atoms with Gasteiger partial charge in [0.2, 0.25) is 0 Å². The largest absolute Gasteiger partial charge is 0.768 e. The molecule has 1 atom stereocenters. The van der Waals surface area contributed by atoms with E-state index in [0.717, 1.165) is 5.56 Å². The first-order chi connectivity index (χ1) is 7.68. The van der Waals surface area contributed by atoms with Crippen LogP contribution >= 0.6 is 0 Å². The lowest BCUT2D eigenvalue weighted by molar-refractivity contribution is 0.537. The van der Waals surface area contributed by atoms with E-state index in [1.165, 1.54) is 0 Å². The van der Waals surface area contributed by atoms with Crippen LogP contribution in [0.25, 0.3) is 11.1 Å². The number of benzene rings is 2. The predicted octanol–water partition coefficient (Wildman–Crippen LogP) is 2.17. The second kappa shape index (κ2) is 4.47. The summed E-state index contributed by atoms with van der Waals surface area (Å²) in [5, 5.41) is 0. The highest BCUT2D eigenvalue weighted by Crippen LogP contribution is 2.26. The standard InChI is InChI=1S/C12H11NO2S/c13-10-7-5-9(6-8-10)11-3-1-2-4-12(11)16(14)15/h1-8H,13H2,(H,14,15)/p-1. The Labute approximate surface area is 96.2 Å². The molecule has 2 N–H and O–H groups in total. The minimum atomic E-state index is -2.23. The van der Waals surface area contributed by atoms with Crippen molar-refractivity contribution in [3.8, 4) is 11.1 Å². The van der Waals surface area contributed by atoms with Gasteiger partial charge in [0, 0.05) is 10.6 Å². The Hall–Kier alpha value is -1.65. The van der Waals surface area contributed by atoms with Crippen molar-refractivity contribution in [2.75, 3.05) is 5.73 Å². The summed E-state index contributed by atoms with van der Waals surface area (Å²) in [7, 11) is 0. The Balaban J connectivity index is 2.55. The van der Waals surface area contributed by atoms with Gasteiger partial charge in [-0.15, -0.1) is 0 Å². The van der Waals surface area contributed by atoms with E-state index in [2.05, 4.69) is 0 Å². The molecule has 0 aliphatic carbocycles. The monoisotopic (exact) mass is 232 g/mol. The van der Waals surface area contributed by atoms with E-state index in [0.29, 0.717) is 16.1 Å². The molecule has 2 rings (SSSR count). The van der Waals surface area contributed by atoms with Gasteiger partial charge in [0.1, 0.15) is 0 Å². The topological polar surface area (TPSA) is 66.2 Å². The van der Waals surface area contributed by atoms with Crippen LogP contribution in [0, 0.1) is 0 Å². The Bertz CT molecular complexity index is 523. The van der Waals surface area contributed by atoms with Gasteiger partial charge in [0.15, 0.2) is 0 Å². The average molecular weight is 232 g/mol. The first-order valence-electron chi connectivity index (χ1n) is 4.72. The molecule has 0 heterocycles. The second-order valence-electron chi connectivity index (χ2n) is 3.35. The molecule has 0 amide bonds. The normalized spacial score (nSPS) is 12.3. The summed E-state index contributed by atoms with van der Waals surface area (Å²) in [6.07, 6.45) is 0. The highest BCUT2D eigenvalue weighted by atomic mass is 32.2. The smallest absolute Gasteiger partial charge is 0.0327 e. The molecule has 0 radical (unpaired) electrons. The fourth-order valence-electron chi connectivity index (χ4n) is 1.51. The molecule has 2 aromatic carbocycles. The predicted molar refractivity (Wildman–Crippen MR) is 63.5 cm³/mol. The summed E-state index contributed by atoms with van der Waals surface area (Å²) in [6.45, 7) is 0. The van der Waals surface area contributed by atoms with Crippen LogP contribution in [0.15, 0.2) is 53.4 Å². The maximum absolute atomic E-state index is 11.0. The van der Waals surface area contributed by atoms with Gasteiger partial charge in [0.05, 0.1) is 0 Å². The molecule has 0 saturated heterocycles. The molecule has 3 nitrogen and oxygen atoms in total. The molecule has 16 heavy (non-hydrogen) atoms. The van der Waals surface area contributed by atoms with Gasteiger partial charge in [-0.25, -0.2) is 0 Å². The second-order valence-corrected chi connectivity index (χ2v) is 4.26. The minimum Gasteiger partial charge on any atom is -0.768 e. The zero-order valence-corrected chi connectivity index (χ0v) is 9.24. The van der Waals surface area contributed by atoms with Crippen LogP contribution in [0.3, 0.4) is 0 Å². The van der Waals surface area contributed by atoms with Gasteiger partial charge in [-0.3, -0.25) is 4.21 Å². The zero-order valence-electron chi connectivity index (χ0n) is 8.42. The molecular weight excluding hydrogens is 222 g/mol. The van der Waals surface area contributed by atoms with E-state index in [1.54, 1.807) is 42.5 Å². The molecule has 0 spiro atoms. The van der Waals surface area contributed by atoms with Gasteiger partial charge < -0.3 is 10.3 Å². The third kappa shape index (κ3) is 2.13. The van der Waals surface area contributed by atoms with Crippen molar-refractivity contribution in [3.63, 3.8) is 0 Å². The van der Waals surface area contributed by atoms with Crippen LogP contribution < -0.4 is 5.73 Å². The summed E-state index contributed by atoms with van der Waals surface area (Å²) < 4.78 is 22.1. The van der Waals surface area contributed by atoms with Crippen molar-refractivity contribution in [3.05, 3.63) is 48.5 Å². The van der Waals surface area contributed by atoms with Gasteiger partial charge in [-0.05, 0) is 40.4 Å². The van der Waals surface area contributed by atoms with Gasteiger partial charge in [0.25, 0.3) is 0 Å². The lowest BCUT2D eigenvalue weighted by atomic mass is 10.1. The van der Waals surface area contributed by atoms with Crippen molar-refractivity contribution in [1.82, 2.24) is 0 Å². The molecule has 82 valence electrons. The number of rotatable bonds is 2. The first kappa shape index (κ1) is 10.9. The Morgan fingerprint density at radius 3 is 2.25 bits per heavy atom. The number of anilines is 1. The molecule has 0 aliphatic heterocycles. The van der Waals surface area contributed by atoms with Crippen LogP contribution in [0.2, 0.25) is 0 Å². The van der Waals surface area contributed by atoms with Gasteiger partial charge in [-0.2, -0.15) is 0 Å². The van der Waals surface area contributed by atoms with E-state index in [1.807, 2.05) is 6.07 Å². The van der Waals surface area contributed by atoms with E-state index in [-0.39, 0.29) is 0 Å². The van der Waals surface area contributed by atoms with Crippen molar-refractivity contribution < 1.29 is 8.76 Å². The first-order valence-corrected chi connectivity index (χ1v) is 5.80. The highest BCUT2D eigenvalue weighted by Gasteiger charge is 2.04. The summed E-state index contributed by atoms with van der Waals surface area (Å²) in [5.74, 6) is 0. The summed E-state index contributed by atoms with van der Waals surface area (Å²) in [4.78, 5) is 0.298. The molecule has 0 fully saturated rings. The summed E-state index contributed by atoms with van der Waals surface area (Å²) in [6, 6.07) is 14.0. The average Bonchev–Trinajstić information content (AvgIpc) is 2.30. The molecule has 0 aromatic heterocycles. The van der Waals surface area contributed by atoms with Gasteiger partial charge in [-0.1, -0.05) is 30.3 Å². The lowest BCUT2D eigenvalue weighted by Gasteiger charge is -2.11. The van der Waals surface area contributed by atoms with E-state index in [9.17, 15) is 8.76 Å². The SMILES string of the molecule is Nc1ccc(-c2ccccc2S(=O)[O-])cc1. The Morgan fingerprint density at radius 1 is 1.00 bits per heavy atom. The van der Waals surface area contributed by atoms with Crippen molar-refractivity contribution >= 4 is 16.8 Å². The molecule has 0 bridgehead atoms. The van der Waals surface area contributed by atoms with Crippen LogP contribution in [0.4, 0.5) is 5.69 Å². The summed E-state index contributed by atoms with van der Waals surface area (Å²) >= 11 is -2.23. The third-order valence-corrected chi connectivity index (χ3v) is 3.00. The van der Waals surface area contributed by atoms with Crippen molar-refractivity contribution in [1.29, 1.82) is 0 Å². The van der Waals surface area contributed by atoms with E-state index < -0.39 is 11.1 Å². The molecule has 1 unspecified atom stereocenters. The third-order valence-electron chi connectivity index (χ3n) is 2.29. The number of nitrogen functional groups attached to an aromatic ring is 1. The minimum absolute atomic E-state index is 0.298. The zero-order chi connectivity index (χ0) is 11.5. The Morgan fingerprint density at radius 2 is 1.62 bits per heavy atom. The van der Waals surface area contributed by atoms with Gasteiger partial charge >= 0.3 is 0 Å². The van der Waals surface area contributed by atoms with E-state index in [4.69, 9.17) is 5.73 Å². The molecule has 2 aromatic rings. The number of hydrogen-bond acceptors (Lipinski definition) is 3. The maximum atomic E-state index is 11.0. The molecule has 0 saturated carbocycles. The molecular formula is C12H10NO2S-. The number of hydrogen-bond donors (Lipinski definition) is 1. The maximum Gasteiger partial charge on any atom is 0.0327 e. The molecule has 0 aliphatic rings. The highest BCUT2D eigenvalue weighted by molar-refractivity contribution is 7.79. The summed E-state index contributed by atoms with van der Waals surface area (Å²) in [5.41, 5.74) is 7.77. The van der Waals surface area contributed by atoms with E-state index >= 15 is 0 Å².